The second-order valence-corrected chi connectivity index (χ2v) is 19.5. The Balaban J connectivity index is 1.10. The molecule has 3 aliphatic rings. The van der Waals surface area contributed by atoms with Gasteiger partial charge in [0.1, 0.15) is 11.5 Å². The van der Waals surface area contributed by atoms with E-state index in [9.17, 15) is 14.7 Å². The molecule has 0 bridgehead atoms. The summed E-state index contributed by atoms with van der Waals surface area (Å²) in [6, 6.07) is 32.2. The molecule has 0 unspecified atom stereocenters. The van der Waals surface area contributed by atoms with Gasteiger partial charge in [0, 0.05) is 12.2 Å². The first-order valence-electron chi connectivity index (χ1n) is 18.1. The van der Waals surface area contributed by atoms with Gasteiger partial charge in [0.2, 0.25) is 5.91 Å². The first kappa shape index (κ1) is 35.0. The number of benzene rings is 4. The van der Waals surface area contributed by atoms with Crippen LogP contribution in [0.25, 0.3) is 0 Å². The van der Waals surface area contributed by atoms with Crippen LogP contribution in [0.3, 0.4) is 0 Å². The fraction of sp³-hybridized carbons (Fsp3) is 0.381. The van der Waals surface area contributed by atoms with E-state index in [0.717, 1.165) is 35.5 Å². The first-order chi connectivity index (χ1) is 24.7. The molecule has 2 amide bonds. The first-order valence-corrected chi connectivity index (χ1v) is 21.2. The van der Waals surface area contributed by atoms with Gasteiger partial charge in [0.05, 0.1) is 52.1 Å². The maximum atomic E-state index is 14.2. The number of carbonyl (C=O) groups excluding carboxylic acids is 2. The molecular formula is C42H48N2O6Si. The molecule has 9 heteroatoms. The van der Waals surface area contributed by atoms with Gasteiger partial charge in [-0.2, -0.15) is 0 Å². The molecule has 8 nitrogen and oxygen atoms in total. The van der Waals surface area contributed by atoms with E-state index in [1.807, 2.05) is 65.6 Å². The molecule has 5 atom stereocenters. The minimum atomic E-state index is -2.17. The van der Waals surface area contributed by atoms with Crippen LogP contribution in [0.5, 0.6) is 11.5 Å². The quantitative estimate of drug-likeness (QED) is 0.192. The van der Waals surface area contributed by atoms with Crippen molar-refractivity contribution in [2.45, 2.75) is 76.0 Å². The zero-order valence-corrected chi connectivity index (χ0v) is 31.0. The molecule has 3 heterocycles. The van der Waals surface area contributed by atoms with Crippen LogP contribution in [-0.2, 0) is 33.7 Å². The highest BCUT2D eigenvalue weighted by Gasteiger charge is 2.51. The van der Waals surface area contributed by atoms with Gasteiger partial charge < -0.3 is 24.2 Å². The number of rotatable bonds is 10. The Bertz CT molecular complexity index is 1860. The van der Waals surface area contributed by atoms with Crippen LogP contribution in [0.15, 0.2) is 97.1 Å². The number of methoxy groups -OCH3 is 1. The second-order valence-electron chi connectivity index (χ2n) is 14.8. The van der Waals surface area contributed by atoms with E-state index in [0.29, 0.717) is 25.1 Å². The maximum absolute atomic E-state index is 14.2. The Morgan fingerprint density at radius 3 is 2.35 bits per heavy atom. The van der Waals surface area contributed by atoms with Crippen molar-refractivity contribution in [1.82, 2.24) is 4.90 Å². The van der Waals surface area contributed by atoms with Crippen LogP contribution in [0.1, 0.15) is 36.5 Å². The summed E-state index contributed by atoms with van der Waals surface area (Å²) in [5.41, 5.74) is 5.29. The van der Waals surface area contributed by atoms with Crippen molar-refractivity contribution < 1.29 is 28.9 Å². The Hall–Kier alpha value is -4.44. The van der Waals surface area contributed by atoms with Gasteiger partial charge in [-0.25, -0.2) is 0 Å². The SMILES string of the molecule is COc1ccc([Si](C)(C)[C@@H]2[C@@H](C)[C@@H](CCc3ccc(N4C(=O)COc5ccccc54)cc3)O[C@H]2CC(=O)N2Cc3ccccc3C[C@H]2CO)cc1. The van der Waals surface area contributed by atoms with Crippen molar-refractivity contribution in [1.29, 1.82) is 0 Å². The predicted octanol–water partition coefficient (Wildman–Crippen LogP) is 6.41. The monoisotopic (exact) mass is 704 g/mol. The summed E-state index contributed by atoms with van der Waals surface area (Å²) in [5, 5.41) is 11.6. The second kappa shape index (κ2) is 14.7. The molecular weight excluding hydrogens is 657 g/mol. The predicted molar refractivity (Wildman–Crippen MR) is 202 cm³/mol. The van der Waals surface area contributed by atoms with Crippen LogP contribution in [0.2, 0.25) is 18.6 Å². The van der Waals surface area contributed by atoms with Gasteiger partial charge >= 0.3 is 0 Å². The third-order valence-corrected chi connectivity index (χ3v) is 15.8. The number of ether oxygens (including phenoxy) is 3. The summed E-state index contributed by atoms with van der Waals surface area (Å²) in [7, 11) is -0.484. The highest BCUT2D eigenvalue weighted by Crippen LogP contribution is 2.47. The molecule has 1 saturated heterocycles. The molecule has 7 rings (SSSR count). The zero-order chi connectivity index (χ0) is 35.7. The number of aliphatic hydroxyl groups is 1. The Morgan fingerprint density at radius 2 is 1.63 bits per heavy atom. The third kappa shape index (κ3) is 6.95. The van der Waals surface area contributed by atoms with Gasteiger partial charge in [-0.1, -0.05) is 85.9 Å². The number of aliphatic hydroxyl groups excluding tert-OH is 1. The van der Waals surface area contributed by atoms with E-state index >= 15 is 0 Å². The standard InChI is InChI=1S/C42H48N2O6Si/c1-28-37(22-15-29-13-16-32(17-14-29)44-36-11-7-8-12-38(36)49-27-41(44)47)50-39(42(28)51(3,4)35-20-18-34(48-2)19-21-35)24-40(46)43-25-31-10-6-5-9-30(31)23-33(43)26-45/h5-14,16-21,28,33,37,39,42,45H,15,22-27H2,1-4H3/t28-,33-,37+,39-,42+/m0/s1. The van der Waals surface area contributed by atoms with E-state index in [1.165, 1.54) is 16.3 Å². The largest absolute Gasteiger partial charge is 0.497 e. The number of fused-ring (bicyclic) bond motifs is 2. The normalized spacial score (nSPS) is 23.0. The summed E-state index contributed by atoms with van der Waals surface area (Å²) in [6.07, 6.45) is 2.35. The number of anilines is 2. The number of carbonyl (C=O) groups is 2. The number of hydrogen-bond acceptors (Lipinski definition) is 6. The summed E-state index contributed by atoms with van der Waals surface area (Å²) in [5.74, 6) is 1.72. The molecule has 1 fully saturated rings. The molecule has 0 aromatic heterocycles. The fourth-order valence-electron chi connectivity index (χ4n) is 8.68. The average Bonchev–Trinajstić information content (AvgIpc) is 3.48. The van der Waals surface area contributed by atoms with Gasteiger partial charge in [0.25, 0.3) is 5.91 Å². The van der Waals surface area contributed by atoms with Gasteiger partial charge in [0.15, 0.2) is 6.61 Å². The van der Waals surface area contributed by atoms with Crippen molar-refractivity contribution >= 4 is 36.4 Å². The lowest BCUT2D eigenvalue weighted by Crippen LogP contribution is -2.52. The number of nitrogens with zero attached hydrogens (tertiary/aromatic N) is 2. The Labute approximate surface area is 302 Å². The van der Waals surface area contributed by atoms with E-state index in [4.69, 9.17) is 14.2 Å². The number of hydrogen-bond donors (Lipinski definition) is 1. The smallest absolute Gasteiger partial charge is 0.269 e. The lowest BCUT2D eigenvalue weighted by atomic mass is 9.93. The lowest BCUT2D eigenvalue weighted by Gasteiger charge is -2.39. The molecule has 51 heavy (non-hydrogen) atoms. The molecule has 266 valence electrons. The Morgan fingerprint density at radius 1 is 0.922 bits per heavy atom. The fourth-order valence-corrected chi connectivity index (χ4v) is 12.7. The summed E-state index contributed by atoms with van der Waals surface area (Å²) in [6.45, 7) is 7.56. The molecule has 0 spiro atoms. The minimum Gasteiger partial charge on any atom is -0.497 e. The van der Waals surface area contributed by atoms with E-state index in [-0.39, 0.29) is 54.7 Å². The van der Waals surface area contributed by atoms with Gasteiger partial charge in [-0.3, -0.25) is 14.5 Å². The van der Waals surface area contributed by atoms with Crippen LogP contribution < -0.4 is 19.6 Å². The molecule has 1 N–H and O–H groups in total. The molecule has 0 radical (unpaired) electrons. The van der Waals surface area contributed by atoms with Crippen LogP contribution >= 0.6 is 0 Å². The molecule has 4 aromatic rings. The zero-order valence-electron chi connectivity index (χ0n) is 30.0. The highest BCUT2D eigenvalue weighted by atomic mass is 28.3. The summed E-state index contributed by atoms with van der Waals surface area (Å²) in [4.78, 5) is 30.6. The van der Waals surface area contributed by atoms with Crippen molar-refractivity contribution in [3.8, 4) is 11.5 Å². The summed E-state index contributed by atoms with van der Waals surface area (Å²) < 4.78 is 18.1. The topological polar surface area (TPSA) is 88.5 Å². The maximum Gasteiger partial charge on any atom is 0.269 e. The third-order valence-electron chi connectivity index (χ3n) is 11.5. The average molecular weight is 705 g/mol. The van der Waals surface area contributed by atoms with E-state index in [2.05, 4.69) is 56.4 Å². The number of para-hydroxylation sites is 2. The molecule has 0 aliphatic carbocycles. The summed E-state index contributed by atoms with van der Waals surface area (Å²) >= 11 is 0. The van der Waals surface area contributed by atoms with Crippen molar-refractivity contribution in [3.63, 3.8) is 0 Å². The van der Waals surface area contributed by atoms with Crippen LogP contribution in [0.4, 0.5) is 11.4 Å². The van der Waals surface area contributed by atoms with Gasteiger partial charge in [-0.05, 0) is 83.8 Å². The molecule has 3 aliphatic heterocycles. The van der Waals surface area contributed by atoms with Crippen molar-refractivity contribution in [2.75, 3.05) is 25.2 Å². The minimum absolute atomic E-state index is 0.0130. The number of aryl methyl sites for hydroxylation is 1. The van der Waals surface area contributed by atoms with Crippen LogP contribution in [0, 0.1) is 5.92 Å². The number of amides is 2. The van der Waals surface area contributed by atoms with Crippen LogP contribution in [-0.4, -0.2) is 68.5 Å². The molecule has 0 saturated carbocycles. The van der Waals surface area contributed by atoms with E-state index < -0.39 is 8.07 Å². The highest BCUT2D eigenvalue weighted by molar-refractivity contribution is 6.91. The Kier molecular flexibility index (Phi) is 10.1. The van der Waals surface area contributed by atoms with Crippen molar-refractivity contribution in [3.05, 3.63) is 114 Å². The van der Waals surface area contributed by atoms with E-state index in [1.54, 1.807) is 12.0 Å². The lowest BCUT2D eigenvalue weighted by molar-refractivity contribution is -0.138. The van der Waals surface area contributed by atoms with Crippen molar-refractivity contribution in [2.24, 2.45) is 5.92 Å². The molecule has 4 aromatic carbocycles. The van der Waals surface area contributed by atoms with Gasteiger partial charge in [-0.15, -0.1) is 0 Å².